The molecule has 0 aromatic heterocycles. The molecule has 8 heteroatoms. The minimum atomic E-state index is -4.85. The molecule has 0 heterocycles. The highest BCUT2D eigenvalue weighted by Crippen LogP contribution is 2.36. The van der Waals surface area contributed by atoms with E-state index in [1.54, 1.807) is 0 Å². The number of halogens is 3. The number of nitro groups is 1. The summed E-state index contributed by atoms with van der Waals surface area (Å²) in [4.78, 5) is 20.2. The van der Waals surface area contributed by atoms with Gasteiger partial charge in [0.15, 0.2) is 6.29 Å². The maximum atomic E-state index is 12.7. The lowest BCUT2D eigenvalue weighted by Gasteiger charge is -2.13. The van der Waals surface area contributed by atoms with E-state index >= 15 is 0 Å². The maximum Gasteiger partial charge on any atom is 0.417 e. The number of benzene rings is 1. The van der Waals surface area contributed by atoms with Crippen LogP contribution in [0.15, 0.2) is 12.1 Å². The molecule has 0 fully saturated rings. The molecule has 0 N–H and O–H groups in total. The summed E-state index contributed by atoms with van der Waals surface area (Å²) in [6.07, 6.45) is -5.63. The largest absolute Gasteiger partial charge is 0.417 e. The third-order valence-corrected chi connectivity index (χ3v) is 2.13. The highest BCUT2D eigenvalue weighted by molar-refractivity contribution is 5.80. The second-order valence-corrected chi connectivity index (χ2v) is 3.28. The molecule has 0 unspecified atom stereocenters. The van der Waals surface area contributed by atoms with Gasteiger partial charge in [-0.2, -0.15) is 18.4 Å². The monoisotopic (exact) mass is 258 g/mol. The summed E-state index contributed by atoms with van der Waals surface area (Å²) >= 11 is 0. The fourth-order valence-corrected chi connectivity index (χ4v) is 1.48. The van der Waals surface area contributed by atoms with E-state index in [-0.39, 0.29) is 6.29 Å². The first-order valence-electron chi connectivity index (χ1n) is 4.52. The van der Waals surface area contributed by atoms with E-state index in [4.69, 9.17) is 5.26 Å². The molecule has 0 spiro atoms. The topological polar surface area (TPSA) is 84.0 Å². The molecule has 0 aliphatic carbocycles. The van der Waals surface area contributed by atoms with Crippen LogP contribution in [0.3, 0.4) is 0 Å². The summed E-state index contributed by atoms with van der Waals surface area (Å²) in [7, 11) is 0. The van der Waals surface area contributed by atoms with E-state index in [9.17, 15) is 28.1 Å². The predicted molar refractivity (Wildman–Crippen MR) is 52.8 cm³/mol. The third kappa shape index (κ3) is 2.63. The van der Waals surface area contributed by atoms with Gasteiger partial charge in [0.05, 0.1) is 23.0 Å². The van der Waals surface area contributed by atoms with Crippen molar-refractivity contribution in [2.75, 3.05) is 0 Å². The zero-order chi connectivity index (χ0) is 13.9. The molecular formula is C10H5F3N2O3. The van der Waals surface area contributed by atoms with E-state index in [2.05, 4.69) is 0 Å². The minimum absolute atomic E-state index is 0.114. The van der Waals surface area contributed by atoms with Crippen LogP contribution in [0.25, 0.3) is 0 Å². The Morgan fingerprint density at radius 3 is 2.44 bits per heavy atom. The predicted octanol–water partition coefficient (Wildman–Crippen LogP) is 2.49. The summed E-state index contributed by atoms with van der Waals surface area (Å²) in [5, 5.41) is 18.9. The van der Waals surface area contributed by atoms with Gasteiger partial charge in [0.1, 0.15) is 0 Å². The highest BCUT2D eigenvalue weighted by Gasteiger charge is 2.37. The molecule has 0 bridgehead atoms. The Bertz CT molecular complexity index is 547. The number of hydrogen-bond donors (Lipinski definition) is 0. The fourth-order valence-electron chi connectivity index (χ4n) is 1.48. The molecule has 0 aliphatic heterocycles. The lowest BCUT2D eigenvalue weighted by Crippen LogP contribution is -2.13. The first-order chi connectivity index (χ1) is 8.31. The van der Waals surface area contributed by atoms with Crippen LogP contribution in [0.5, 0.6) is 0 Å². The third-order valence-electron chi connectivity index (χ3n) is 2.13. The minimum Gasteiger partial charge on any atom is -0.298 e. The number of alkyl halides is 3. The number of nitrogens with zero attached hydrogens (tertiary/aromatic N) is 2. The summed E-state index contributed by atoms with van der Waals surface area (Å²) < 4.78 is 38.1. The summed E-state index contributed by atoms with van der Waals surface area (Å²) in [5.41, 5.74) is -3.39. The zero-order valence-electron chi connectivity index (χ0n) is 8.69. The molecule has 0 amide bonds. The Hall–Kier alpha value is -2.43. The average Bonchev–Trinajstić information content (AvgIpc) is 2.26. The Morgan fingerprint density at radius 2 is 2.06 bits per heavy atom. The van der Waals surface area contributed by atoms with Gasteiger partial charge in [-0.3, -0.25) is 14.9 Å². The number of rotatable bonds is 3. The number of nitriles is 1. The van der Waals surface area contributed by atoms with Crippen molar-refractivity contribution in [1.29, 1.82) is 5.26 Å². The summed E-state index contributed by atoms with van der Waals surface area (Å²) in [6, 6.07) is 2.67. The Balaban J connectivity index is 3.62. The first kappa shape index (κ1) is 13.6. The van der Waals surface area contributed by atoms with E-state index in [0.717, 1.165) is 0 Å². The van der Waals surface area contributed by atoms with Crippen molar-refractivity contribution in [2.24, 2.45) is 0 Å². The molecule has 1 rings (SSSR count). The molecule has 94 valence electrons. The Labute approximate surface area is 98.6 Å². The molecular weight excluding hydrogens is 253 g/mol. The van der Waals surface area contributed by atoms with Gasteiger partial charge < -0.3 is 0 Å². The molecule has 1 aromatic carbocycles. The number of nitro benzene ring substituents is 1. The van der Waals surface area contributed by atoms with Crippen molar-refractivity contribution >= 4 is 12.0 Å². The standard InChI is InChI=1S/C10H5F3N2O3/c11-10(12,13)9-6(1-2-14)3-8(15(17)18)4-7(9)5-16/h3-5H,1H2. The zero-order valence-corrected chi connectivity index (χ0v) is 8.69. The van der Waals surface area contributed by atoms with E-state index in [1.807, 2.05) is 0 Å². The number of carbonyl (C=O) groups excluding carboxylic acids is 1. The van der Waals surface area contributed by atoms with Gasteiger partial charge >= 0.3 is 6.18 Å². The van der Waals surface area contributed by atoms with Crippen LogP contribution in [-0.4, -0.2) is 11.2 Å². The van der Waals surface area contributed by atoms with Crippen molar-refractivity contribution in [3.05, 3.63) is 38.9 Å². The smallest absolute Gasteiger partial charge is 0.298 e. The van der Waals surface area contributed by atoms with Gasteiger partial charge in [0.2, 0.25) is 0 Å². The van der Waals surface area contributed by atoms with Crippen molar-refractivity contribution in [1.82, 2.24) is 0 Å². The van der Waals surface area contributed by atoms with Crippen molar-refractivity contribution in [3.63, 3.8) is 0 Å². The summed E-state index contributed by atoms with van der Waals surface area (Å²) in [6.45, 7) is 0. The molecule has 0 aliphatic rings. The first-order valence-corrected chi connectivity index (χ1v) is 4.52. The van der Waals surface area contributed by atoms with Crippen molar-refractivity contribution < 1.29 is 22.9 Å². The molecule has 18 heavy (non-hydrogen) atoms. The molecule has 0 saturated heterocycles. The second kappa shape index (κ2) is 4.83. The van der Waals surface area contributed by atoms with Gasteiger partial charge in [-0.05, 0) is 5.56 Å². The number of hydrogen-bond acceptors (Lipinski definition) is 4. The van der Waals surface area contributed by atoms with Gasteiger partial charge in [-0.15, -0.1) is 0 Å². The van der Waals surface area contributed by atoms with Crippen LogP contribution in [0.1, 0.15) is 21.5 Å². The van der Waals surface area contributed by atoms with Crippen LogP contribution in [0.2, 0.25) is 0 Å². The number of aldehydes is 1. The van der Waals surface area contributed by atoms with Crippen LogP contribution >= 0.6 is 0 Å². The van der Waals surface area contributed by atoms with E-state index < -0.39 is 39.9 Å². The van der Waals surface area contributed by atoms with Crippen LogP contribution in [0, 0.1) is 21.4 Å². The number of non-ortho nitro benzene ring substituents is 1. The van der Waals surface area contributed by atoms with Crippen LogP contribution < -0.4 is 0 Å². The maximum absolute atomic E-state index is 12.7. The highest BCUT2D eigenvalue weighted by atomic mass is 19.4. The van der Waals surface area contributed by atoms with Crippen molar-refractivity contribution in [3.8, 4) is 6.07 Å². The molecule has 0 radical (unpaired) electrons. The van der Waals surface area contributed by atoms with Gasteiger partial charge in [0, 0.05) is 17.7 Å². The quantitative estimate of drug-likeness (QED) is 0.473. The molecule has 1 aromatic rings. The lowest BCUT2D eigenvalue weighted by molar-refractivity contribution is -0.385. The average molecular weight is 258 g/mol. The second-order valence-electron chi connectivity index (χ2n) is 3.28. The normalized spacial score (nSPS) is 10.8. The Kier molecular flexibility index (Phi) is 3.66. The van der Waals surface area contributed by atoms with Gasteiger partial charge in [0.25, 0.3) is 5.69 Å². The van der Waals surface area contributed by atoms with Gasteiger partial charge in [-0.1, -0.05) is 0 Å². The van der Waals surface area contributed by atoms with Gasteiger partial charge in [-0.25, -0.2) is 0 Å². The lowest BCUT2D eigenvalue weighted by atomic mass is 9.98. The van der Waals surface area contributed by atoms with Crippen molar-refractivity contribution in [2.45, 2.75) is 12.6 Å². The molecule has 0 atom stereocenters. The van der Waals surface area contributed by atoms with Crippen LogP contribution in [-0.2, 0) is 12.6 Å². The van der Waals surface area contributed by atoms with E-state index in [1.165, 1.54) is 6.07 Å². The number of carbonyl (C=O) groups is 1. The SMILES string of the molecule is N#CCc1cc([N+](=O)[O-])cc(C=O)c1C(F)(F)F. The molecule has 0 saturated carbocycles. The van der Waals surface area contributed by atoms with E-state index in [0.29, 0.717) is 12.1 Å². The fraction of sp³-hybridized carbons (Fsp3) is 0.200. The van der Waals surface area contributed by atoms with Crippen LogP contribution in [0.4, 0.5) is 18.9 Å². The summed E-state index contributed by atoms with van der Waals surface area (Å²) in [5.74, 6) is 0. The molecule has 5 nitrogen and oxygen atoms in total. The Morgan fingerprint density at radius 1 is 1.44 bits per heavy atom.